The van der Waals surface area contributed by atoms with Crippen molar-refractivity contribution in [2.75, 3.05) is 39.1 Å². The first-order chi connectivity index (χ1) is 9.11. The van der Waals surface area contributed by atoms with Crippen LogP contribution >= 0.6 is 0 Å². The van der Waals surface area contributed by atoms with Gasteiger partial charge >= 0.3 is 0 Å². The van der Waals surface area contributed by atoms with Crippen molar-refractivity contribution in [1.29, 1.82) is 0 Å². The lowest BCUT2D eigenvalue weighted by atomic mass is 10.0. The molecule has 3 nitrogen and oxygen atoms in total. The van der Waals surface area contributed by atoms with E-state index in [-0.39, 0.29) is 5.82 Å². The fourth-order valence-electron chi connectivity index (χ4n) is 2.72. The Morgan fingerprint density at radius 2 is 2.21 bits per heavy atom. The van der Waals surface area contributed by atoms with Gasteiger partial charge in [0.05, 0.1) is 5.69 Å². The Bertz CT molecular complexity index is 420. The number of hydrogen-bond donors (Lipinski definition) is 1. The van der Waals surface area contributed by atoms with Crippen LogP contribution in [0.25, 0.3) is 0 Å². The lowest BCUT2D eigenvalue weighted by molar-refractivity contribution is 0.257. The van der Waals surface area contributed by atoms with Gasteiger partial charge in [0.25, 0.3) is 0 Å². The fourth-order valence-corrected chi connectivity index (χ4v) is 2.72. The molecule has 1 aromatic rings. The molecule has 2 rings (SSSR count). The molecule has 0 saturated carbocycles. The molecule has 1 aliphatic heterocycles. The van der Waals surface area contributed by atoms with Gasteiger partial charge in [0.1, 0.15) is 5.82 Å². The molecule has 1 saturated heterocycles. The van der Waals surface area contributed by atoms with Crippen LogP contribution in [0.1, 0.15) is 18.4 Å². The monoisotopic (exact) mass is 265 g/mol. The Labute approximate surface area is 115 Å². The predicted octanol–water partition coefficient (Wildman–Crippen LogP) is 2.08. The zero-order chi connectivity index (χ0) is 13.8. The molecule has 1 heterocycles. The molecule has 1 atom stereocenters. The highest BCUT2D eigenvalue weighted by atomic mass is 19.1. The summed E-state index contributed by atoms with van der Waals surface area (Å²) in [5, 5.41) is 3.05. The molecule has 4 heteroatoms. The normalized spacial score (nSPS) is 20.1. The summed E-state index contributed by atoms with van der Waals surface area (Å²) in [7, 11) is 6.07. The van der Waals surface area contributed by atoms with E-state index < -0.39 is 0 Å². The first kappa shape index (κ1) is 14.3. The van der Waals surface area contributed by atoms with Gasteiger partial charge in [-0.3, -0.25) is 0 Å². The van der Waals surface area contributed by atoms with Crippen LogP contribution in [-0.2, 0) is 6.54 Å². The van der Waals surface area contributed by atoms with Gasteiger partial charge in [0, 0.05) is 25.7 Å². The second-order valence-corrected chi connectivity index (χ2v) is 5.52. The average Bonchev–Trinajstić information content (AvgIpc) is 2.39. The molecule has 0 aromatic heterocycles. The summed E-state index contributed by atoms with van der Waals surface area (Å²) in [5.74, 6) is -0.104. The minimum absolute atomic E-state index is 0.104. The summed E-state index contributed by atoms with van der Waals surface area (Å²) in [6.07, 6.45) is 2.32. The van der Waals surface area contributed by atoms with E-state index in [0.29, 0.717) is 12.6 Å². The molecule has 1 unspecified atom stereocenters. The van der Waals surface area contributed by atoms with Crippen molar-refractivity contribution in [3.05, 3.63) is 29.6 Å². The van der Waals surface area contributed by atoms with Crippen molar-refractivity contribution in [3.63, 3.8) is 0 Å². The van der Waals surface area contributed by atoms with Crippen LogP contribution in [0.5, 0.6) is 0 Å². The van der Waals surface area contributed by atoms with Gasteiger partial charge in [-0.25, -0.2) is 4.39 Å². The van der Waals surface area contributed by atoms with Crippen molar-refractivity contribution >= 4 is 5.69 Å². The maximum Gasteiger partial charge on any atom is 0.146 e. The summed E-state index contributed by atoms with van der Waals surface area (Å²) < 4.78 is 14.2. The number of hydrogen-bond acceptors (Lipinski definition) is 3. The zero-order valence-electron chi connectivity index (χ0n) is 12.1. The second-order valence-electron chi connectivity index (χ2n) is 5.52. The Morgan fingerprint density at radius 1 is 1.42 bits per heavy atom. The largest absolute Gasteiger partial charge is 0.368 e. The number of rotatable bonds is 4. The Balaban J connectivity index is 2.12. The topological polar surface area (TPSA) is 18.5 Å². The molecule has 1 fully saturated rings. The van der Waals surface area contributed by atoms with Gasteiger partial charge in [-0.2, -0.15) is 0 Å². The average molecular weight is 265 g/mol. The first-order valence-corrected chi connectivity index (χ1v) is 6.96. The molecular weight excluding hydrogens is 241 g/mol. The summed E-state index contributed by atoms with van der Waals surface area (Å²) in [5.41, 5.74) is 1.73. The minimum atomic E-state index is -0.104. The van der Waals surface area contributed by atoms with Crippen LogP contribution in [-0.4, -0.2) is 45.2 Å². The van der Waals surface area contributed by atoms with Gasteiger partial charge < -0.3 is 15.1 Å². The van der Waals surface area contributed by atoms with Crippen LogP contribution < -0.4 is 10.2 Å². The molecule has 0 radical (unpaired) electrons. The Hall–Kier alpha value is -1.13. The number of benzene rings is 1. The molecule has 19 heavy (non-hydrogen) atoms. The standard InChI is InChI=1S/C15H24FN3/c1-17-10-12-6-7-15(14(16)9-12)19-8-4-5-13(11-19)18(2)3/h6-7,9,13,17H,4-5,8,10-11H2,1-3H3. The zero-order valence-corrected chi connectivity index (χ0v) is 12.1. The summed E-state index contributed by atoms with van der Waals surface area (Å²) >= 11 is 0. The van der Waals surface area contributed by atoms with E-state index >= 15 is 0 Å². The predicted molar refractivity (Wildman–Crippen MR) is 78.1 cm³/mol. The summed E-state index contributed by atoms with van der Waals surface area (Å²) in [6.45, 7) is 2.57. The number of anilines is 1. The van der Waals surface area contributed by atoms with Gasteiger partial charge in [-0.05, 0) is 51.7 Å². The molecule has 1 aliphatic rings. The van der Waals surface area contributed by atoms with Crippen molar-refractivity contribution in [2.24, 2.45) is 0 Å². The van der Waals surface area contributed by atoms with Gasteiger partial charge in [-0.15, -0.1) is 0 Å². The van der Waals surface area contributed by atoms with Crippen molar-refractivity contribution < 1.29 is 4.39 Å². The summed E-state index contributed by atoms with van der Waals surface area (Å²) in [4.78, 5) is 4.41. The molecule has 1 N–H and O–H groups in total. The highest BCUT2D eigenvalue weighted by Crippen LogP contribution is 2.25. The minimum Gasteiger partial charge on any atom is -0.368 e. The van der Waals surface area contributed by atoms with Crippen LogP contribution in [0.4, 0.5) is 10.1 Å². The fraction of sp³-hybridized carbons (Fsp3) is 0.600. The lowest BCUT2D eigenvalue weighted by Crippen LogP contribution is -2.45. The highest BCUT2D eigenvalue weighted by molar-refractivity contribution is 5.49. The highest BCUT2D eigenvalue weighted by Gasteiger charge is 2.23. The second kappa shape index (κ2) is 6.35. The molecular formula is C15H24FN3. The molecule has 1 aromatic carbocycles. The lowest BCUT2D eigenvalue weighted by Gasteiger charge is -2.37. The van der Waals surface area contributed by atoms with Crippen LogP contribution in [0.15, 0.2) is 18.2 Å². The molecule has 0 amide bonds. The number of nitrogens with zero attached hydrogens (tertiary/aromatic N) is 2. The summed E-state index contributed by atoms with van der Waals surface area (Å²) in [6, 6.07) is 6.09. The quantitative estimate of drug-likeness (QED) is 0.899. The SMILES string of the molecule is CNCc1ccc(N2CCCC(N(C)C)C2)c(F)c1. The molecule has 0 bridgehead atoms. The van der Waals surface area contributed by atoms with Crippen molar-refractivity contribution in [3.8, 4) is 0 Å². The van der Waals surface area contributed by atoms with E-state index in [2.05, 4.69) is 29.2 Å². The van der Waals surface area contributed by atoms with E-state index in [1.165, 1.54) is 6.42 Å². The third kappa shape index (κ3) is 3.45. The number of halogens is 1. The van der Waals surface area contributed by atoms with Gasteiger partial charge in [0.2, 0.25) is 0 Å². The first-order valence-electron chi connectivity index (χ1n) is 6.96. The van der Waals surface area contributed by atoms with Crippen molar-refractivity contribution in [1.82, 2.24) is 10.2 Å². The van der Waals surface area contributed by atoms with Crippen molar-refractivity contribution in [2.45, 2.75) is 25.4 Å². The maximum atomic E-state index is 14.2. The van der Waals surface area contributed by atoms with E-state index in [1.54, 1.807) is 6.07 Å². The Morgan fingerprint density at radius 3 is 2.84 bits per heavy atom. The molecule has 0 spiro atoms. The van der Waals surface area contributed by atoms with Crippen LogP contribution in [0.2, 0.25) is 0 Å². The van der Waals surface area contributed by atoms with E-state index in [0.717, 1.165) is 30.8 Å². The van der Waals surface area contributed by atoms with Crippen LogP contribution in [0, 0.1) is 5.82 Å². The maximum absolute atomic E-state index is 14.2. The number of nitrogens with one attached hydrogen (secondary N) is 1. The third-order valence-corrected chi connectivity index (χ3v) is 3.86. The smallest absolute Gasteiger partial charge is 0.146 e. The third-order valence-electron chi connectivity index (χ3n) is 3.86. The molecule has 0 aliphatic carbocycles. The Kier molecular flexibility index (Phi) is 4.77. The van der Waals surface area contributed by atoms with Gasteiger partial charge in [-0.1, -0.05) is 6.07 Å². The molecule has 106 valence electrons. The van der Waals surface area contributed by atoms with E-state index in [9.17, 15) is 4.39 Å². The van der Waals surface area contributed by atoms with E-state index in [1.807, 2.05) is 19.2 Å². The number of piperidine rings is 1. The van der Waals surface area contributed by atoms with Gasteiger partial charge in [0.15, 0.2) is 0 Å². The number of likely N-dealkylation sites (N-methyl/N-ethyl adjacent to an activating group) is 1. The van der Waals surface area contributed by atoms with Crippen LogP contribution in [0.3, 0.4) is 0 Å². The van der Waals surface area contributed by atoms with E-state index in [4.69, 9.17) is 0 Å².